The highest BCUT2D eigenvalue weighted by Crippen LogP contribution is 2.26. The highest BCUT2D eigenvalue weighted by molar-refractivity contribution is 9.10. The molecule has 23 heavy (non-hydrogen) atoms. The second kappa shape index (κ2) is 8.78. The normalized spacial score (nSPS) is 12.9. The SMILES string of the molecule is CC(C)C(CNC(=O)OC(C)(C)C)CNc1ccc(Cl)cc1Br. The fourth-order valence-corrected chi connectivity index (χ4v) is 2.77. The summed E-state index contributed by atoms with van der Waals surface area (Å²) in [5.41, 5.74) is 0.501. The summed E-state index contributed by atoms with van der Waals surface area (Å²) in [5.74, 6) is 0.702. The number of carbonyl (C=O) groups is 1. The minimum atomic E-state index is -0.482. The average Bonchev–Trinajstić information content (AvgIpc) is 2.38. The van der Waals surface area contributed by atoms with E-state index >= 15 is 0 Å². The molecule has 1 amide bonds. The number of alkyl carbamates (subject to hydrolysis) is 1. The summed E-state index contributed by atoms with van der Waals surface area (Å²) in [7, 11) is 0. The number of benzene rings is 1. The summed E-state index contributed by atoms with van der Waals surface area (Å²) in [5, 5.41) is 6.93. The van der Waals surface area contributed by atoms with Gasteiger partial charge in [-0.05, 0) is 66.7 Å². The fourth-order valence-electron chi connectivity index (χ4n) is 1.95. The van der Waals surface area contributed by atoms with E-state index < -0.39 is 5.60 Å². The summed E-state index contributed by atoms with van der Waals surface area (Å²) in [6, 6.07) is 5.64. The van der Waals surface area contributed by atoms with Crippen LogP contribution in [0.1, 0.15) is 34.6 Å². The van der Waals surface area contributed by atoms with Crippen LogP contribution >= 0.6 is 27.5 Å². The Bertz CT molecular complexity index is 530. The fraction of sp³-hybridized carbons (Fsp3) is 0.588. The standard InChI is InChI=1S/C17H26BrClN2O2/c1-11(2)12(10-21-16(22)23-17(3,4)5)9-20-15-7-6-13(19)8-14(15)18/h6-8,11-12,20H,9-10H2,1-5H3,(H,21,22). The first-order chi connectivity index (χ1) is 10.6. The van der Waals surface area contributed by atoms with Gasteiger partial charge in [0.1, 0.15) is 5.60 Å². The Hall–Kier alpha value is -0.940. The molecule has 0 saturated heterocycles. The van der Waals surface area contributed by atoms with Crippen molar-refractivity contribution in [2.24, 2.45) is 11.8 Å². The first-order valence-corrected chi connectivity index (χ1v) is 8.91. The van der Waals surface area contributed by atoms with Crippen LogP contribution in [0.4, 0.5) is 10.5 Å². The first kappa shape index (κ1) is 20.1. The smallest absolute Gasteiger partial charge is 0.407 e. The molecule has 0 bridgehead atoms. The summed E-state index contributed by atoms with van der Waals surface area (Å²) < 4.78 is 6.19. The Kier molecular flexibility index (Phi) is 7.68. The van der Waals surface area contributed by atoms with Gasteiger partial charge in [-0.15, -0.1) is 0 Å². The lowest BCUT2D eigenvalue weighted by Crippen LogP contribution is -2.38. The molecule has 6 heteroatoms. The Labute approximate surface area is 152 Å². The number of hydrogen-bond acceptors (Lipinski definition) is 3. The molecule has 1 aromatic rings. The molecule has 0 aliphatic heterocycles. The second-order valence-corrected chi connectivity index (χ2v) is 8.18. The molecule has 0 aliphatic carbocycles. The van der Waals surface area contributed by atoms with Crippen LogP contribution < -0.4 is 10.6 Å². The van der Waals surface area contributed by atoms with Gasteiger partial charge in [0.15, 0.2) is 0 Å². The summed E-state index contributed by atoms with van der Waals surface area (Å²) >= 11 is 9.44. The van der Waals surface area contributed by atoms with E-state index in [2.05, 4.69) is 40.4 Å². The molecule has 0 radical (unpaired) electrons. The van der Waals surface area contributed by atoms with E-state index in [1.807, 2.05) is 39.0 Å². The van der Waals surface area contributed by atoms with Crippen LogP contribution in [-0.4, -0.2) is 24.8 Å². The van der Waals surface area contributed by atoms with E-state index in [4.69, 9.17) is 16.3 Å². The maximum Gasteiger partial charge on any atom is 0.407 e. The molecule has 0 saturated carbocycles. The molecule has 0 aliphatic rings. The van der Waals surface area contributed by atoms with Crippen LogP contribution in [0.2, 0.25) is 5.02 Å². The number of ether oxygens (including phenoxy) is 1. The third-order valence-corrected chi connectivity index (χ3v) is 4.23. The van der Waals surface area contributed by atoms with Crippen molar-refractivity contribution in [3.8, 4) is 0 Å². The van der Waals surface area contributed by atoms with Crippen molar-refractivity contribution in [1.82, 2.24) is 5.32 Å². The van der Waals surface area contributed by atoms with Gasteiger partial charge in [-0.1, -0.05) is 25.4 Å². The van der Waals surface area contributed by atoms with Crippen LogP contribution in [0, 0.1) is 11.8 Å². The van der Waals surface area contributed by atoms with Gasteiger partial charge in [-0.25, -0.2) is 4.79 Å². The van der Waals surface area contributed by atoms with E-state index in [-0.39, 0.29) is 12.0 Å². The van der Waals surface area contributed by atoms with Crippen molar-refractivity contribution in [3.05, 3.63) is 27.7 Å². The molecule has 4 nitrogen and oxygen atoms in total. The number of halogens is 2. The molecule has 0 heterocycles. The Morgan fingerprint density at radius 1 is 1.30 bits per heavy atom. The quantitative estimate of drug-likeness (QED) is 0.674. The summed E-state index contributed by atoms with van der Waals surface area (Å²) in [4.78, 5) is 11.8. The highest BCUT2D eigenvalue weighted by atomic mass is 79.9. The highest BCUT2D eigenvalue weighted by Gasteiger charge is 2.19. The number of anilines is 1. The molecule has 1 aromatic carbocycles. The molecule has 0 spiro atoms. The zero-order valence-electron chi connectivity index (χ0n) is 14.4. The molecule has 1 rings (SSSR count). The third kappa shape index (κ3) is 7.93. The van der Waals surface area contributed by atoms with Gasteiger partial charge in [-0.2, -0.15) is 0 Å². The van der Waals surface area contributed by atoms with Gasteiger partial charge >= 0.3 is 6.09 Å². The van der Waals surface area contributed by atoms with Crippen molar-refractivity contribution in [3.63, 3.8) is 0 Å². The molecule has 130 valence electrons. The van der Waals surface area contributed by atoms with Gasteiger partial charge in [0.2, 0.25) is 0 Å². The molecular weight excluding hydrogens is 380 g/mol. The van der Waals surface area contributed by atoms with Gasteiger partial charge < -0.3 is 15.4 Å². The molecule has 1 atom stereocenters. The van der Waals surface area contributed by atoms with Gasteiger partial charge in [0.25, 0.3) is 0 Å². The maximum atomic E-state index is 11.8. The van der Waals surface area contributed by atoms with Crippen molar-refractivity contribution in [1.29, 1.82) is 0 Å². The predicted molar refractivity (Wildman–Crippen MR) is 100 cm³/mol. The van der Waals surface area contributed by atoms with E-state index in [9.17, 15) is 4.79 Å². The van der Waals surface area contributed by atoms with Gasteiger partial charge in [0, 0.05) is 28.3 Å². The third-order valence-electron chi connectivity index (χ3n) is 3.34. The van der Waals surface area contributed by atoms with E-state index in [0.29, 0.717) is 17.5 Å². The Balaban J connectivity index is 2.54. The lowest BCUT2D eigenvalue weighted by Gasteiger charge is -2.24. The Morgan fingerprint density at radius 3 is 2.48 bits per heavy atom. The van der Waals surface area contributed by atoms with Crippen LogP contribution in [0.15, 0.2) is 22.7 Å². The van der Waals surface area contributed by atoms with E-state index in [0.717, 1.165) is 16.7 Å². The minimum absolute atomic E-state index is 0.282. The topological polar surface area (TPSA) is 50.4 Å². The predicted octanol–water partition coefficient (Wildman–Crippen LogP) is 5.31. The Morgan fingerprint density at radius 2 is 1.96 bits per heavy atom. The van der Waals surface area contributed by atoms with E-state index in [1.54, 1.807) is 0 Å². The molecule has 1 unspecified atom stereocenters. The maximum absolute atomic E-state index is 11.8. The number of rotatable bonds is 6. The largest absolute Gasteiger partial charge is 0.444 e. The van der Waals surface area contributed by atoms with Crippen molar-refractivity contribution >= 4 is 39.3 Å². The lowest BCUT2D eigenvalue weighted by molar-refractivity contribution is 0.0516. The monoisotopic (exact) mass is 404 g/mol. The van der Waals surface area contributed by atoms with Crippen molar-refractivity contribution in [2.75, 3.05) is 18.4 Å². The zero-order chi connectivity index (χ0) is 17.6. The number of hydrogen-bond donors (Lipinski definition) is 2. The number of amides is 1. The van der Waals surface area contributed by atoms with Crippen molar-refractivity contribution in [2.45, 2.75) is 40.2 Å². The van der Waals surface area contributed by atoms with Crippen LogP contribution in [-0.2, 0) is 4.74 Å². The summed E-state index contributed by atoms with van der Waals surface area (Å²) in [6.07, 6.45) is -0.379. The number of carbonyl (C=O) groups excluding carboxylic acids is 1. The van der Waals surface area contributed by atoms with E-state index in [1.165, 1.54) is 0 Å². The van der Waals surface area contributed by atoms with Gasteiger partial charge in [-0.3, -0.25) is 0 Å². The van der Waals surface area contributed by atoms with Crippen LogP contribution in [0.3, 0.4) is 0 Å². The zero-order valence-corrected chi connectivity index (χ0v) is 16.7. The van der Waals surface area contributed by atoms with Gasteiger partial charge in [0.05, 0.1) is 0 Å². The average molecular weight is 406 g/mol. The first-order valence-electron chi connectivity index (χ1n) is 7.74. The lowest BCUT2D eigenvalue weighted by atomic mass is 9.95. The minimum Gasteiger partial charge on any atom is -0.444 e. The summed E-state index contributed by atoms with van der Waals surface area (Å²) in [6.45, 7) is 11.1. The van der Waals surface area contributed by atoms with Crippen LogP contribution in [0.5, 0.6) is 0 Å². The molecule has 0 fully saturated rings. The second-order valence-electron chi connectivity index (χ2n) is 6.89. The molecule has 0 aromatic heterocycles. The number of nitrogens with one attached hydrogen (secondary N) is 2. The van der Waals surface area contributed by atoms with Crippen LogP contribution in [0.25, 0.3) is 0 Å². The van der Waals surface area contributed by atoms with Crippen molar-refractivity contribution < 1.29 is 9.53 Å². The molecular formula is C17H26BrClN2O2. The molecule has 2 N–H and O–H groups in total.